The number of nitrogens with zero attached hydrogens (tertiary/aromatic N) is 2. The van der Waals surface area contributed by atoms with Crippen LogP contribution in [-0.4, -0.2) is 38.0 Å². The molecule has 4 nitrogen and oxygen atoms in total. The van der Waals surface area contributed by atoms with Crippen molar-refractivity contribution in [2.75, 3.05) is 24.2 Å². The predicted molar refractivity (Wildman–Crippen MR) is 81.4 cm³/mol. The molecule has 1 aromatic rings. The number of aromatic nitrogens is 1. The first-order chi connectivity index (χ1) is 8.88. The fourth-order valence-electron chi connectivity index (χ4n) is 2.42. The molecule has 1 aliphatic heterocycles. The highest BCUT2D eigenvalue weighted by Crippen LogP contribution is 2.24. The SMILES string of the molecule is Cc1cc(N2CCCC(S(C)(=O)=O)CC2)ncc1Br. The second-order valence-electron chi connectivity index (χ2n) is 5.16. The summed E-state index contributed by atoms with van der Waals surface area (Å²) in [6, 6.07) is 2.05. The van der Waals surface area contributed by atoms with E-state index in [9.17, 15) is 8.42 Å². The van der Waals surface area contributed by atoms with Gasteiger partial charge in [0.25, 0.3) is 0 Å². The summed E-state index contributed by atoms with van der Waals surface area (Å²) in [6.07, 6.45) is 5.49. The van der Waals surface area contributed by atoms with Crippen LogP contribution in [0, 0.1) is 6.92 Å². The van der Waals surface area contributed by atoms with E-state index in [-0.39, 0.29) is 5.25 Å². The molecule has 1 atom stereocenters. The fourth-order valence-corrected chi connectivity index (χ4v) is 3.77. The second-order valence-corrected chi connectivity index (χ2v) is 8.34. The molecule has 0 amide bonds. The van der Waals surface area contributed by atoms with Crippen LogP contribution in [0.3, 0.4) is 0 Å². The van der Waals surface area contributed by atoms with E-state index in [0.717, 1.165) is 41.8 Å². The van der Waals surface area contributed by atoms with E-state index in [0.29, 0.717) is 6.42 Å². The van der Waals surface area contributed by atoms with Crippen LogP contribution in [0.2, 0.25) is 0 Å². The van der Waals surface area contributed by atoms with E-state index in [4.69, 9.17) is 0 Å². The van der Waals surface area contributed by atoms with Crippen molar-refractivity contribution in [2.24, 2.45) is 0 Å². The van der Waals surface area contributed by atoms with Crippen molar-refractivity contribution >= 4 is 31.6 Å². The van der Waals surface area contributed by atoms with Crippen molar-refractivity contribution in [3.8, 4) is 0 Å². The van der Waals surface area contributed by atoms with Gasteiger partial charge in [-0.3, -0.25) is 0 Å². The van der Waals surface area contributed by atoms with Crippen LogP contribution in [0.4, 0.5) is 5.82 Å². The lowest BCUT2D eigenvalue weighted by molar-refractivity contribution is 0.573. The first-order valence-electron chi connectivity index (χ1n) is 6.44. The number of halogens is 1. The van der Waals surface area contributed by atoms with Crippen LogP contribution in [0.15, 0.2) is 16.7 Å². The summed E-state index contributed by atoms with van der Waals surface area (Å²) in [5, 5.41) is -0.200. The Bertz CT molecular complexity index is 560. The topological polar surface area (TPSA) is 50.3 Å². The Labute approximate surface area is 123 Å². The molecule has 0 N–H and O–H groups in total. The van der Waals surface area contributed by atoms with Gasteiger partial charge in [0, 0.05) is 30.0 Å². The smallest absolute Gasteiger partial charge is 0.150 e. The molecule has 2 rings (SSSR count). The molecule has 0 spiro atoms. The quantitative estimate of drug-likeness (QED) is 0.825. The Hall–Kier alpha value is -0.620. The maximum atomic E-state index is 11.6. The summed E-state index contributed by atoms with van der Waals surface area (Å²) >= 11 is 3.44. The summed E-state index contributed by atoms with van der Waals surface area (Å²) in [4.78, 5) is 6.61. The number of aryl methyl sites for hydroxylation is 1. The van der Waals surface area contributed by atoms with E-state index >= 15 is 0 Å². The third kappa shape index (κ3) is 3.69. The Balaban J connectivity index is 2.13. The first kappa shape index (κ1) is 14.8. The van der Waals surface area contributed by atoms with E-state index < -0.39 is 9.84 Å². The Kier molecular flexibility index (Phi) is 4.50. The van der Waals surface area contributed by atoms with Crippen LogP contribution >= 0.6 is 15.9 Å². The maximum absolute atomic E-state index is 11.6. The first-order valence-corrected chi connectivity index (χ1v) is 9.18. The number of rotatable bonds is 2. The molecule has 0 saturated carbocycles. The molecule has 0 aromatic carbocycles. The van der Waals surface area contributed by atoms with Gasteiger partial charge < -0.3 is 4.90 Å². The minimum absolute atomic E-state index is 0.200. The van der Waals surface area contributed by atoms with Gasteiger partial charge in [-0.1, -0.05) is 0 Å². The summed E-state index contributed by atoms with van der Waals surface area (Å²) in [5.41, 5.74) is 1.15. The predicted octanol–water partition coefficient (Wildman–Crippen LogP) is 2.56. The lowest BCUT2D eigenvalue weighted by Crippen LogP contribution is -2.27. The summed E-state index contributed by atoms with van der Waals surface area (Å²) in [6.45, 7) is 3.66. The molecular weight excluding hydrogens is 328 g/mol. The van der Waals surface area contributed by atoms with Gasteiger partial charge in [0.05, 0.1) is 5.25 Å². The highest BCUT2D eigenvalue weighted by molar-refractivity contribution is 9.10. The van der Waals surface area contributed by atoms with Crippen molar-refractivity contribution < 1.29 is 8.42 Å². The van der Waals surface area contributed by atoms with Gasteiger partial charge in [-0.25, -0.2) is 13.4 Å². The molecule has 0 radical (unpaired) electrons. The zero-order valence-electron chi connectivity index (χ0n) is 11.3. The standard InChI is InChI=1S/C13H19BrN2O2S/c1-10-8-13(15-9-12(10)14)16-6-3-4-11(5-7-16)19(2,17)18/h8-9,11H,3-7H2,1-2H3. The molecule has 0 bridgehead atoms. The summed E-state index contributed by atoms with van der Waals surface area (Å²) in [5.74, 6) is 0.940. The Morgan fingerprint density at radius 2 is 2.11 bits per heavy atom. The molecule has 6 heteroatoms. The molecule has 1 saturated heterocycles. The zero-order chi connectivity index (χ0) is 14.0. The van der Waals surface area contributed by atoms with Gasteiger partial charge in [-0.05, 0) is 53.7 Å². The Morgan fingerprint density at radius 1 is 1.37 bits per heavy atom. The van der Waals surface area contributed by atoms with Crippen molar-refractivity contribution in [1.29, 1.82) is 0 Å². The number of sulfone groups is 1. The third-order valence-corrected chi connectivity index (χ3v) is 6.15. The Morgan fingerprint density at radius 3 is 2.74 bits per heavy atom. The molecule has 1 aliphatic rings. The zero-order valence-corrected chi connectivity index (χ0v) is 13.7. The highest BCUT2D eigenvalue weighted by atomic mass is 79.9. The number of anilines is 1. The van der Waals surface area contributed by atoms with E-state index in [1.165, 1.54) is 6.26 Å². The summed E-state index contributed by atoms with van der Waals surface area (Å²) in [7, 11) is -2.92. The van der Waals surface area contributed by atoms with Crippen LogP contribution in [0.5, 0.6) is 0 Å². The molecule has 2 heterocycles. The van der Waals surface area contributed by atoms with Crippen LogP contribution < -0.4 is 4.90 Å². The lowest BCUT2D eigenvalue weighted by atomic mass is 10.2. The van der Waals surface area contributed by atoms with E-state index in [1.54, 1.807) is 0 Å². The van der Waals surface area contributed by atoms with Crippen molar-refractivity contribution in [3.05, 3.63) is 22.3 Å². The molecule has 1 fully saturated rings. The van der Waals surface area contributed by atoms with E-state index in [2.05, 4.69) is 25.8 Å². The molecule has 19 heavy (non-hydrogen) atoms. The average molecular weight is 347 g/mol. The summed E-state index contributed by atoms with van der Waals surface area (Å²) < 4.78 is 24.3. The largest absolute Gasteiger partial charge is 0.357 e. The number of hydrogen-bond acceptors (Lipinski definition) is 4. The third-order valence-electron chi connectivity index (χ3n) is 3.64. The minimum Gasteiger partial charge on any atom is -0.357 e. The molecule has 106 valence electrons. The molecule has 0 aliphatic carbocycles. The average Bonchev–Trinajstić information content (AvgIpc) is 2.57. The maximum Gasteiger partial charge on any atom is 0.150 e. The number of hydrogen-bond donors (Lipinski definition) is 0. The van der Waals surface area contributed by atoms with Crippen molar-refractivity contribution in [2.45, 2.75) is 31.4 Å². The van der Waals surface area contributed by atoms with Crippen molar-refractivity contribution in [3.63, 3.8) is 0 Å². The second kappa shape index (κ2) is 5.79. The lowest BCUT2D eigenvalue weighted by Gasteiger charge is -2.22. The number of pyridine rings is 1. The monoisotopic (exact) mass is 346 g/mol. The van der Waals surface area contributed by atoms with E-state index in [1.807, 2.05) is 19.2 Å². The van der Waals surface area contributed by atoms with Crippen molar-refractivity contribution in [1.82, 2.24) is 4.98 Å². The van der Waals surface area contributed by atoms with Crippen LogP contribution in [0.1, 0.15) is 24.8 Å². The van der Waals surface area contributed by atoms with Gasteiger partial charge in [0.15, 0.2) is 0 Å². The van der Waals surface area contributed by atoms with Gasteiger partial charge in [0.1, 0.15) is 15.7 Å². The fraction of sp³-hybridized carbons (Fsp3) is 0.615. The van der Waals surface area contributed by atoms with Crippen LogP contribution in [0.25, 0.3) is 0 Å². The molecular formula is C13H19BrN2O2S. The van der Waals surface area contributed by atoms with Gasteiger partial charge in [-0.15, -0.1) is 0 Å². The highest BCUT2D eigenvalue weighted by Gasteiger charge is 2.25. The normalized spacial score (nSPS) is 21.2. The van der Waals surface area contributed by atoms with Gasteiger partial charge in [0.2, 0.25) is 0 Å². The molecule has 1 unspecified atom stereocenters. The van der Waals surface area contributed by atoms with Crippen LogP contribution in [-0.2, 0) is 9.84 Å². The molecule has 1 aromatic heterocycles. The van der Waals surface area contributed by atoms with Gasteiger partial charge >= 0.3 is 0 Å². The van der Waals surface area contributed by atoms with Gasteiger partial charge in [-0.2, -0.15) is 0 Å². The minimum atomic E-state index is -2.92.